The predicted octanol–water partition coefficient (Wildman–Crippen LogP) is 5.25. The number of benzene rings is 2. The number of carbonyl (C=O) groups excluding carboxylic acids is 1. The third-order valence-electron chi connectivity index (χ3n) is 6.62. The van der Waals surface area contributed by atoms with Gasteiger partial charge in [-0.3, -0.25) is 14.7 Å². The van der Waals surface area contributed by atoms with Gasteiger partial charge in [-0.05, 0) is 43.4 Å². The van der Waals surface area contributed by atoms with Gasteiger partial charge in [0.2, 0.25) is 0 Å². The van der Waals surface area contributed by atoms with E-state index in [0.29, 0.717) is 17.9 Å². The van der Waals surface area contributed by atoms with Crippen molar-refractivity contribution in [3.8, 4) is 0 Å². The number of para-hydroxylation sites is 1. The van der Waals surface area contributed by atoms with Crippen molar-refractivity contribution in [2.24, 2.45) is 5.92 Å². The van der Waals surface area contributed by atoms with E-state index in [1.165, 1.54) is 24.8 Å². The standard InChI is InChI=1S/C25H26N2O/c28-25(23-13-14-26-24-12-5-4-11-22(23)24)19-15-20-9-6-10-21(16-19)27(20)17-18-7-2-1-3-8-18/h1-5,7-8,11-14,19-21H,6,9-10,15-17H2. The zero-order valence-corrected chi connectivity index (χ0v) is 16.1. The maximum absolute atomic E-state index is 13.5. The first-order chi connectivity index (χ1) is 13.8. The zero-order chi connectivity index (χ0) is 18.9. The van der Waals surface area contributed by atoms with Gasteiger partial charge in [0.25, 0.3) is 0 Å². The van der Waals surface area contributed by atoms with Crippen molar-refractivity contribution in [1.82, 2.24) is 9.88 Å². The lowest BCUT2D eigenvalue weighted by Crippen LogP contribution is -2.52. The SMILES string of the molecule is O=C(c1ccnc2ccccc12)C1CC2CCCC(C1)N2Cc1ccccc1. The van der Waals surface area contributed by atoms with Gasteiger partial charge in [-0.15, -0.1) is 0 Å². The predicted molar refractivity (Wildman–Crippen MR) is 112 cm³/mol. The molecule has 0 N–H and O–H groups in total. The molecule has 2 fully saturated rings. The summed E-state index contributed by atoms with van der Waals surface area (Å²) in [7, 11) is 0. The van der Waals surface area contributed by atoms with Crippen LogP contribution in [0.1, 0.15) is 48.0 Å². The molecule has 0 spiro atoms. The van der Waals surface area contributed by atoms with Crippen molar-refractivity contribution < 1.29 is 4.79 Å². The molecule has 5 rings (SSSR count). The van der Waals surface area contributed by atoms with E-state index in [0.717, 1.165) is 35.9 Å². The maximum Gasteiger partial charge on any atom is 0.166 e. The van der Waals surface area contributed by atoms with Crippen LogP contribution in [0.25, 0.3) is 10.9 Å². The molecule has 28 heavy (non-hydrogen) atoms. The van der Waals surface area contributed by atoms with Gasteiger partial charge in [-0.25, -0.2) is 0 Å². The van der Waals surface area contributed by atoms with Crippen LogP contribution >= 0.6 is 0 Å². The van der Waals surface area contributed by atoms with Crippen molar-refractivity contribution in [3.05, 3.63) is 78.0 Å². The number of rotatable bonds is 4. The van der Waals surface area contributed by atoms with Crippen LogP contribution in [0.5, 0.6) is 0 Å². The second-order valence-corrected chi connectivity index (χ2v) is 8.30. The monoisotopic (exact) mass is 370 g/mol. The van der Waals surface area contributed by atoms with Crippen molar-refractivity contribution in [2.45, 2.75) is 50.7 Å². The van der Waals surface area contributed by atoms with Crippen LogP contribution in [0.3, 0.4) is 0 Å². The number of nitrogens with zero attached hydrogens (tertiary/aromatic N) is 2. The Balaban J connectivity index is 1.39. The maximum atomic E-state index is 13.5. The molecule has 2 aliphatic heterocycles. The summed E-state index contributed by atoms with van der Waals surface area (Å²) >= 11 is 0. The summed E-state index contributed by atoms with van der Waals surface area (Å²) in [4.78, 5) is 20.6. The van der Waals surface area contributed by atoms with E-state index in [9.17, 15) is 4.79 Å². The molecule has 0 radical (unpaired) electrons. The molecular formula is C25H26N2O. The van der Waals surface area contributed by atoms with Gasteiger partial charge < -0.3 is 0 Å². The van der Waals surface area contributed by atoms with Crippen molar-refractivity contribution in [1.29, 1.82) is 0 Å². The summed E-state index contributed by atoms with van der Waals surface area (Å²) in [5.74, 6) is 0.447. The first kappa shape index (κ1) is 17.6. The smallest absolute Gasteiger partial charge is 0.166 e. The molecule has 3 nitrogen and oxygen atoms in total. The fraction of sp³-hybridized carbons (Fsp3) is 0.360. The van der Waals surface area contributed by atoms with E-state index in [4.69, 9.17) is 0 Å². The van der Waals surface area contributed by atoms with E-state index in [-0.39, 0.29) is 5.92 Å². The largest absolute Gasteiger partial charge is 0.294 e. The van der Waals surface area contributed by atoms with Crippen LogP contribution in [-0.4, -0.2) is 27.8 Å². The number of pyridine rings is 1. The number of Topliss-reactive ketones (excluding diaryl/α,β-unsaturated/α-hetero) is 1. The van der Waals surface area contributed by atoms with Crippen LogP contribution in [0.2, 0.25) is 0 Å². The minimum atomic E-state index is 0.133. The number of ketones is 1. The Morgan fingerprint density at radius 2 is 1.64 bits per heavy atom. The molecule has 2 aliphatic rings. The van der Waals surface area contributed by atoms with Crippen LogP contribution in [0.4, 0.5) is 0 Å². The van der Waals surface area contributed by atoms with Gasteiger partial charge in [-0.2, -0.15) is 0 Å². The summed E-state index contributed by atoms with van der Waals surface area (Å²) < 4.78 is 0. The third-order valence-corrected chi connectivity index (χ3v) is 6.62. The van der Waals surface area contributed by atoms with E-state index in [2.05, 4.69) is 40.2 Å². The highest BCUT2D eigenvalue weighted by Gasteiger charge is 2.40. The lowest BCUT2D eigenvalue weighted by Gasteiger charge is -2.48. The van der Waals surface area contributed by atoms with Crippen molar-refractivity contribution in [3.63, 3.8) is 0 Å². The number of piperidine rings is 2. The van der Waals surface area contributed by atoms with Crippen molar-refractivity contribution >= 4 is 16.7 Å². The highest BCUT2D eigenvalue weighted by atomic mass is 16.1. The summed E-state index contributed by atoms with van der Waals surface area (Å²) in [6.45, 7) is 1.01. The Hall–Kier alpha value is -2.52. The Kier molecular flexibility index (Phi) is 4.69. The van der Waals surface area contributed by atoms with Gasteiger partial charge in [0.15, 0.2) is 5.78 Å². The normalized spacial score (nSPS) is 24.9. The Morgan fingerprint density at radius 1 is 0.929 bits per heavy atom. The molecule has 3 heteroatoms. The topological polar surface area (TPSA) is 33.2 Å². The number of hydrogen-bond acceptors (Lipinski definition) is 3. The summed E-state index contributed by atoms with van der Waals surface area (Å²) in [5, 5.41) is 0.992. The first-order valence-electron chi connectivity index (χ1n) is 10.5. The number of aromatic nitrogens is 1. The lowest BCUT2D eigenvalue weighted by molar-refractivity contribution is 0.00911. The fourth-order valence-corrected chi connectivity index (χ4v) is 5.28. The molecule has 142 valence electrons. The second kappa shape index (κ2) is 7.48. The molecule has 3 heterocycles. The number of fused-ring (bicyclic) bond motifs is 3. The van der Waals surface area contributed by atoms with Crippen molar-refractivity contribution in [2.75, 3.05) is 0 Å². The van der Waals surface area contributed by atoms with Crippen LogP contribution in [0.15, 0.2) is 66.9 Å². The summed E-state index contributed by atoms with van der Waals surface area (Å²) in [6, 6.07) is 21.7. The minimum absolute atomic E-state index is 0.133. The highest BCUT2D eigenvalue weighted by molar-refractivity contribution is 6.08. The molecule has 2 atom stereocenters. The molecule has 2 aromatic carbocycles. The van der Waals surface area contributed by atoms with Crippen LogP contribution in [0, 0.1) is 5.92 Å². The van der Waals surface area contributed by atoms with Gasteiger partial charge in [-0.1, -0.05) is 55.0 Å². The molecule has 0 saturated carbocycles. The lowest BCUT2D eigenvalue weighted by atomic mass is 9.75. The molecule has 3 aromatic rings. The quantitative estimate of drug-likeness (QED) is 0.588. The Morgan fingerprint density at radius 3 is 2.43 bits per heavy atom. The fourth-order valence-electron chi connectivity index (χ4n) is 5.28. The third kappa shape index (κ3) is 3.24. The molecule has 2 saturated heterocycles. The highest BCUT2D eigenvalue weighted by Crippen LogP contribution is 2.39. The zero-order valence-electron chi connectivity index (χ0n) is 16.1. The average Bonchev–Trinajstić information content (AvgIpc) is 2.73. The number of hydrogen-bond donors (Lipinski definition) is 0. The van der Waals surface area contributed by atoms with Crippen LogP contribution < -0.4 is 0 Å². The van der Waals surface area contributed by atoms with E-state index in [1.807, 2.05) is 30.3 Å². The van der Waals surface area contributed by atoms with E-state index < -0.39 is 0 Å². The molecule has 0 amide bonds. The Labute approximate surface area is 166 Å². The van der Waals surface area contributed by atoms with Gasteiger partial charge >= 0.3 is 0 Å². The summed E-state index contributed by atoms with van der Waals surface area (Å²) in [6.07, 6.45) is 7.46. The first-order valence-corrected chi connectivity index (χ1v) is 10.5. The average molecular weight is 370 g/mol. The molecule has 2 bridgehead atoms. The van der Waals surface area contributed by atoms with Gasteiger partial charge in [0.1, 0.15) is 0 Å². The van der Waals surface area contributed by atoms with Gasteiger partial charge in [0, 0.05) is 41.7 Å². The van der Waals surface area contributed by atoms with E-state index >= 15 is 0 Å². The second-order valence-electron chi connectivity index (χ2n) is 8.30. The number of carbonyl (C=O) groups is 1. The molecule has 0 aliphatic carbocycles. The van der Waals surface area contributed by atoms with Crippen LogP contribution in [-0.2, 0) is 6.54 Å². The molecule has 1 aromatic heterocycles. The molecule has 2 unspecified atom stereocenters. The van der Waals surface area contributed by atoms with Gasteiger partial charge in [0.05, 0.1) is 5.52 Å². The molecular weight excluding hydrogens is 344 g/mol. The summed E-state index contributed by atoms with van der Waals surface area (Å²) in [5.41, 5.74) is 3.14. The Bertz CT molecular complexity index is 965. The van der Waals surface area contributed by atoms with E-state index in [1.54, 1.807) is 6.20 Å². The minimum Gasteiger partial charge on any atom is -0.294 e.